The molecule has 1 aromatic carbocycles. The summed E-state index contributed by atoms with van der Waals surface area (Å²) in [6.07, 6.45) is 3.68. The molecule has 3 aliphatic rings. The Morgan fingerprint density at radius 3 is 2.34 bits per heavy atom. The first-order valence-electron chi connectivity index (χ1n) is 13.0. The number of amides is 1. The maximum atomic E-state index is 14.0. The topological polar surface area (TPSA) is 165 Å². The van der Waals surface area contributed by atoms with Gasteiger partial charge in [0.15, 0.2) is 11.4 Å². The minimum absolute atomic E-state index is 0.0588. The van der Waals surface area contributed by atoms with Crippen molar-refractivity contribution in [1.82, 2.24) is 4.90 Å². The van der Waals surface area contributed by atoms with Crippen LogP contribution < -0.4 is 10.6 Å². The third-order valence-corrected chi connectivity index (χ3v) is 8.31. The van der Waals surface area contributed by atoms with E-state index in [0.717, 1.165) is 24.9 Å². The first-order chi connectivity index (χ1) is 17.8. The highest BCUT2D eigenvalue weighted by Gasteiger charge is 2.63. The van der Waals surface area contributed by atoms with E-state index in [1.54, 1.807) is 14.1 Å². The van der Waals surface area contributed by atoms with Crippen molar-refractivity contribution in [3.05, 3.63) is 45.4 Å². The first kappa shape index (κ1) is 27.7. The van der Waals surface area contributed by atoms with Gasteiger partial charge in [0, 0.05) is 31.3 Å². The number of unbranched alkanes of at least 4 members (excludes halogenated alkanes) is 2. The lowest BCUT2D eigenvalue weighted by molar-refractivity contribution is -0.148. The summed E-state index contributed by atoms with van der Waals surface area (Å²) in [6.45, 7) is 2.07. The van der Waals surface area contributed by atoms with Crippen molar-refractivity contribution < 1.29 is 34.8 Å². The predicted octanol–water partition coefficient (Wildman–Crippen LogP) is 1.92. The molecule has 10 nitrogen and oxygen atoms in total. The van der Waals surface area contributed by atoms with Gasteiger partial charge < -0.3 is 31.1 Å². The van der Waals surface area contributed by atoms with Gasteiger partial charge in [-0.2, -0.15) is 0 Å². The average molecular weight is 528 g/mol. The fourth-order valence-corrected chi connectivity index (χ4v) is 6.51. The zero-order valence-corrected chi connectivity index (χ0v) is 22.5. The van der Waals surface area contributed by atoms with Crippen LogP contribution in [0.3, 0.4) is 0 Å². The molecular weight excluding hydrogens is 490 g/mol. The number of rotatable bonds is 7. The molecule has 0 saturated heterocycles. The molecule has 0 bridgehead atoms. The van der Waals surface area contributed by atoms with Crippen LogP contribution in [0.1, 0.15) is 54.1 Å². The van der Waals surface area contributed by atoms with Gasteiger partial charge in [-0.1, -0.05) is 19.8 Å². The van der Waals surface area contributed by atoms with Crippen molar-refractivity contribution in [2.24, 2.45) is 17.6 Å². The summed E-state index contributed by atoms with van der Waals surface area (Å²) in [4.78, 5) is 42.9. The molecule has 1 aromatic rings. The Labute approximate surface area is 222 Å². The Bertz CT molecular complexity index is 1280. The highest BCUT2D eigenvalue weighted by atomic mass is 16.3. The van der Waals surface area contributed by atoms with Gasteiger partial charge in [-0.05, 0) is 62.9 Å². The Hall–Kier alpha value is -3.37. The van der Waals surface area contributed by atoms with Gasteiger partial charge >= 0.3 is 0 Å². The van der Waals surface area contributed by atoms with Crippen LogP contribution in [0.5, 0.6) is 5.75 Å². The fraction of sp³-hybridized carbons (Fsp3) is 0.536. The number of fused-ring (bicyclic) bond motifs is 3. The lowest BCUT2D eigenvalue weighted by Crippen LogP contribution is -2.63. The summed E-state index contributed by atoms with van der Waals surface area (Å²) in [7, 11) is 6.92. The number of hydrogen-bond acceptors (Lipinski definition) is 9. The van der Waals surface area contributed by atoms with E-state index in [-0.39, 0.29) is 29.7 Å². The standard InChI is InChI=1S/C28H37N3O7/c1-6-7-8-9-13-12-17(30(2)3)15-10-14-11-16-21(31(4)5)24(34)20(27(29)37)26(36)28(16,38)25(35)18(14)23(33)19(15)22(13)32/h12,14,16,21,32,34-35,38H,6-11H2,1-5H3,(H2,29,37). The number of phenolic OH excluding ortho intramolecular Hbond substituents is 1. The predicted molar refractivity (Wildman–Crippen MR) is 141 cm³/mol. The monoisotopic (exact) mass is 527 g/mol. The van der Waals surface area contributed by atoms with Crippen molar-refractivity contribution in [1.29, 1.82) is 0 Å². The molecule has 206 valence electrons. The first-order valence-corrected chi connectivity index (χ1v) is 13.0. The van der Waals surface area contributed by atoms with Gasteiger partial charge in [-0.15, -0.1) is 0 Å². The second-order valence-electron chi connectivity index (χ2n) is 11.1. The number of primary amides is 1. The molecule has 1 amide bonds. The molecule has 0 fully saturated rings. The number of allylic oxidation sites excluding steroid dienone is 1. The molecule has 0 radical (unpaired) electrons. The highest BCUT2D eigenvalue weighted by Crippen LogP contribution is 2.53. The van der Waals surface area contributed by atoms with E-state index in [9.17, 15) is 34.8 Å². The maximum Gasteiger partial charge on any atom is 0.255 e. The van der Waals surface area contributed by atoms with Crippen LogP contribution in [0, 0.1) is 11.8 Å². The molecule has 38 heavy (non-hydrogen) atoms. The van der Waals surface area contributed by atoms with Crippen molar-refractivity contribution in [2.45, 2.75) is 57.1 Å². The minimum Gasteiger partial charge on any atom is -0.510 e. The quantitative estimate of drug-likeness (QED) is 0.263. The number of likely N-dealkylation sites (N-methyl/N-ethyl adjacent to an activating group) is 1. The van der Waals surface area contributed by atoms with Crippen LogP contribution in [0.2, 0.25) is 0 Å². The summed E-state index contributed by atoms with van der Waals surface area (Å²) in [5.74, 6) is -6.36. The second-order valence-corrected chi connectivity index (χ2v) is 11.1. The number of carbonyl (C=O) groups is 3. The minimum atomic E-state index is -2.64. The number of phenols is 1. The van der Waals surface area contributed by atoms with E-state index in [1.165, 1.54) is 4.90 Å². The molecule has 6 N–H and O–H groups in total. The van der Waals surface area contributed by atoms with Crippen LogP contribution in [0.4, 0.5) is 5.69 Å². The molecular formula is C28H37N3O7. The van der Waals surface area contributed by atoms with E-state index >= 15 is 0 Å². The lowest BCUT2D eigenvalue weighted by Gasteiger charge is -2.50. The zero-order chi connectivity index (χ0) is 28.3. The molecule has 4 rings (SSSR count). The molecule has 4 unspecified atom stereocenters. The third-order valence-electron chi connectivity index (χ3n) is 8.31. The number of aliphatic hydroxyl groups excluding tert-OH is 2. The number of aromatic hydroxyl groups is 1. The third kappa shape index (κ3) is 3.89. The highest BCUT2D eigenvalue weighted by molar-refractivity contribution is 6.24. The SMILES string of the molecule is CCCCCc1cc(N(C)C)c2c(c1O)C(=O)C1=C(O)C3(O)C(=O)C(C(N)=O)=C(O)C(N(C)C)C3CC1C2. The van der Waals surface area contributed by atoms with Crippen LogP contribution in [-0.2, 0) is 22.4 Å². The Balaban J connectivity index is 1.93. The van der Waals surface area contributed by atoms with E-state index in [0.29, 0.717) is 17.5 Å². The van der Waals surface area contributed by atoms with Crippen molar-refractivity contribution >= 4 is 23.2 Å². The van der Waals surface area contributed by atoms with Crippen LogP contribution in [-0.4, -0.2) is 82.6 Å². The van der Waals surface area contributed by atoms with Gasteiger partial charge in [-0.3, -0.25) is 19.3 Å². The van der Waals surface area contributed by atoms with Gasteiger partial charge in [0.05, 0.1) is 11.6 Å². The Morgan fingerprint density at radius 1 is 1.13 bits per heavy atom. The summed E-state index contributed by atoms with van der Waals surface area (Å²) in [5, 5.41) is 45.3. The van der Waals surface area contributed by atoms with E-state index < -0.39 is 58.0 Å². The average Bonchev–Trinajstić information content (AvgIpc) is 2.82. The number of aliphatic hydroxyl groups is 3. The number of anilines is 1. The van der Waals surface area contributed by atoms with E-state index in [4.69, 9.17) is 5.73 Å². The van der Waals surface area contributed by atoms with Crippen molar-refractivity contribution in [2.75, 3.05) is 33.1 Å². The Kier molecular flexibility index (Phi) is 7.09. The van der Waals surface area contributed by atoms with E-state index in [1.807, 2.05) is 25.1 Å². The number of benzene rings is 1. The number of nitrogens with two attached hydrogens (primary N) is 1. The summed E-state index contributed by atoms with van der Waals surface area (Å²) in [6, 6.07) is 0.883. The molecule has 4 atom stereocenters. The van der Waals surface area contributed by atoms with Crippen molar-refractivity contribution in [3.63, 3.8) is 0 Å². The molecule has 0 spiro atoms. The number of aryl methyl sites for hydroxylation is 1. The summed E-state index contributed by atoms with van der Waals surface area (Å²) in [5.41, 5.74) is 3.87. The number of hydrogen-bond donors (Lipinski definition) is 5. The molecule has 3 aliphatic carbocycles. The van der Waals surface area contributed by atoms with Gasteiger partial charge in [-0.25, -0.2) is 0 Å². The normalized spacial score (nSPS) is 26.9. The maximum absolute atomic E-state index is 14.0. The number of nitrogens with zero attached hydrogens (tertiary/aromatic N) is 2. The molecule has 0 aliphatic heterocycles. The van der Waals surface area contributed by atoms with Crippen LogP contribution in [0.25, 0.3) is 0 Å². The second kappa shape index (κ2) is 9.74. The van der Waals surface area contributed by atoms with Gasteiger partial charge in [0.25, 0.3) is 5.91 Å². The molecule has 0 heterocycles. The van der Waals surface area contributed by atoms with Gasteiger partial charge in [0.1, 0.15) is 22.8 Å². The van der Waals surface area contributed by atoms with Crippen LogP contribution in [0.15, 0.2) is 28.7 Å². The van der Waals surface area contributed by atoms with Crippen LogP contribution >= 0.6 is 0 Å². The number of Topliss-reactive ketones (excluding diaryl/α,β-unsaturated/α-hetero) is 2. The smallest absolute Gasteiger partial charge is 0.255 e. The van der Waals surface area contributed by atoms with Crippen molar-refractivity contribution in [3.8, 4) is 5.75 Å². The number of carbonyl (C=O) groups excluding carboxylic acids is 3. The van der Waals surface area contributed by atoms with Gasteiger partial charge in [0.2, 0.25) is 5.78 Å². The summed E-state index contributed by atoms with van der Waals surface area (Å²) >= 11 is 0. The molecule has 0 aromatic heterocycles. The number of ketones is 2. The fourth-order valence-electron chi connectivity index (χ4n) is 6.51. The summed E-state index contributed by atoms with van der Waals surface area (Å²) < 4.78 is 0. The largest absolute Gasteiger partial charge is 0.510 e. The van der Waals surface area contributed by atoms with E-state index in [2.05, 4.69) is 6.92 Å². The zero-order valence-electron chi connectivity index (χ0n) is 22.5. The Morgan fingerprint density at radius 2 is 1.79 bits per heavy atom. The molecule has 0 saturated carbocycles. The lowest BCUT2D eigenvalue weighted by atomic mass is 9.58. The molecule has 10 heteroatoms.